The lowest BCUT2D eigenvalue weighted by Crippen LogP contribution is -2.51. The molecule has 0 aliphatic carbocycles. The molecule has 18 nitrogen and oxygen atoms in total. The van der Waals surface area contributed by atoms with Crippen LogP contribution in [0.2, 0.25) is 0 Å². The Morgan fingerprint density at radius 3 is 1.43 bits per heavy atom. The van der Waals surface area contributed by atoms with E-state index in [9.17, 15) is 24.0 Å². The first kappa shape index (κ1) is 55.2. The van der Waals surface area contributed by atoms with Crippen molar-refractivity contribution in [1.82, 2.24) is 21.3 Å². The summed E-state index contributed by atoms with van der Waals surface area (Å²) in [5.74, 6) is -1.76. The van der Waals surface area contributed by atoms with Crippen LogP contribution in [0.3, 0.4) is 0 Å². The highest BCUT2D eigenvalue weighted by Crippen LogP contribution is 2.19. The Balaban J connectivity index is 4.34. The first-order valence-electron chi connectivity index (χ1n) is 20.7. The molecule has 0 saturated carbocycles. The van der Waals surface area contributed by atoms with Crippen LogP contribution in [-0.2, 0) is 57.1 Å². The first-order valence-corrected chi connectivity index (χ1v) is 20.7. The second kappa shape index (κ2) is 37.2. The minimum atomic E-state index is -0.749. The monoisotopic (exact) mass is 836 g/mol. The van der Waals surface area contributed by atoms with Gasteiger partial charge in [-0.05, 0) is 24.7 Å². The summed E-state index contributed by atoms with van der Waals surface area (Å²) in [4.78, 5) is 63.7. The van der Waals surface area contributed by atoms with Crippen molar-refractivity contribution < 1.29 is 61.9 Å². The molecule has 0 unspecified atom stereocenters. The normalized spacial score (nSPS) is 13.1. The molecule has 0 fully saturated rings. The van der Waals surface area contributed by atoms with Crippen LogP contribution in [0.4, 0.5) is 4.79 Å². The van der Waals surface area contributed by atoms with Gasteiger partial charge in [0.1, 0.15) is 0 Å². The smallest absolute Gasteiger partial charge is 0.312 e. The standard InChI is InChI=1S/C40H77N5O13/c1-30(2)27-36(46)34(9-8-11-42-40(41)50)45-39(49)33(31(3)4)28-37(47)35(44-32(5)6)29-43-38(48)10-12-52-15-16-54-19-20-56-23-24-58-26-25-57-22-21-55-18-17-53-14-13-51-7/h30-35,44H,8-29H2,1-7H3,(H,43,48)(H,45,49)(H3,41,42,50)/t33-,34-,35-/m0/s1. The number of ether oxygens (including phenoxy) is 8. The largest absolute Gasteiger partial charge is 0.382 e. The maximum atomic E-state index is 13.5. The van der Waals surface area contributed by atoms with Gasteiger partial charge in [-0.15, -0.1) is 0 Å². The van der Waals surface area contributed by atoms with Gasteiger partial charge in [0.05, 0.1) is 111 Å². The molecule has 340 valence electrons. The third kappa shape index (κ3) is 33.1. The molecular formula is C40H77N5O13. The minimum absolute atomic E-state index is 0.0507. The molecule has 18 heteroatoms. The first-order chi connectivity index (χ1) is 27.8. The topological polar surface area (TPSA) is 233 Å². The van der Waals surface area contributed by atoms with Gasteiger partial charge in [-0.1, -0.05) is 41.5 Å². The Morgan fingerprint density at radius 1 is 0.569 bits per heavy atom. The zero-order valence-electron chi connectivity index (χ0n) is 36.4. The number of amides is 4. The molecular weight excluding hydrogens is 758 g/mol. The molecule has 0 aromatic rings. The Labute approximate surface area is 346 Å². The fourth-order valence-corrected chi connectivity index (χ4v) is 5.35. The summed E-state index contributed by atoms with van der Waals surface area (Å²) >= 11 is 0. The average Bonchev–Trinajstić information content (AvgIpc) is 3.16. The van der Waals surface area contributed by atoms with Crippen LogP contribution in [0.1, 0.15) is 73.6 Å². The Kier molecular flexibility index (Phi) is 35.4. The van der Waals surface area contributed by atoms with Crippen molar-refractivity contribution in [1.29, 1.82) is 0 Å². The van der Waals surface area contributed by atoms with Gasteiger partial charge < -0.3 is 64.9 Å². The Morgan fingerprint density at radius 2 is 1.02 bits per heavy atom. The number of carbonyl (C=O) groups excluding carboxylic acids is 5. The highest BCUT2D eigenvalue weighted by Gasteiger charge is 2.32. The lowest BCUT2D eigenvalue weighted by molar-refractivity contribution is -0.134. The summed E-state index contributed by atoms with van der Waals surface area (Å²) < 4.78 is 43.0. The fraction of sp³-hybridized carbons (Fsp3) is 0.875. The van der Waals surface area contributed by atoms with Crippen molar-refractivity contribution >= 4 is 29.4 Å². The average molecular weight is 836 g/mol. The zero-order valence-corrected chi connectivity index (χ0v) is 36.4. The van der Waals surface area contributed by atoms with Gasteiger partial charge in [0.25, 0.3) is 0 Å². The molecule has 0 saturated heterocycles. The van der Waals surface area contributed by atoms with E-state index in [1.165, 1.54) is 0 Å². The summed E-state index contributed by atoms with van der Waals surface area (Å²) in [7, 11) is 1.63. The van der Waals surface area contributed by atoms with Crippen LogP contribution in [0.25, 0.3) is 0 Å². The SMILES string of the molecule is COCCOCCOCCOCCOCCOCCOCCOCCC(=O)NC[C@H](NC(C)C)C(=O)C[C@H](C(=O)N[C@@H](CCCNC(N)=O)C(=O)CC(C)C)C(C)C. The van der Waals surface area contributed by atoms with Crippen molar-refractivity contribution in [3.05, 3.63) is 0 Å². The van der Waals surface area contributed by atoms with Crippen molar-refractivity contribution in [2.24, 2.45) is 23.5 Å². The van der Waals surface area contributed by atoms with Crippen molar-refractivity contribution in [3.8, 4) is 0 Å². The summed E-state index contributed by atoms with van der Waals surface area (Å²) in [6.45, 7) is 18.3. The molecule has 0 heterocycles. The van der Waals surface area contributed by atoms with Gasteiger partial charge in [-0.2, -0.15) is 0 Å². The number of hydrogen-bond acceptors (Lipinski definition) is 14. The Hall–Kier alpha value is -2.81. The number of ketones is 2. The van der Waals surface area contributed by atoms with Crippen molar-refractivity contribution in [3.63, 3.8) is 0 Å². The number of hydrogen-bond donors (Lipinski definition) is 5. The number of carbonyl (C=O) groups is 5. The van der Waals surface area contributed by atoms with Gasteiger partial charge in [0, 0.05) is 51.4 Å². The third-order valence-electron chi connectivity index (χ3n) is 8.41. The molecule has 0 aromatic heterocycles. The van der Waals surface area contributed by atoms with E-state index in [0.29, 0.717) is 105 Å². The molecule has 0 aliphatic heterocycles. The number of methoxy groups -OCH3 is 1. The van der Waals surface area contributed by atoms with Gasteiger partial charge in [0.2, 0.25) is 11.8 Å². The summed E-state index contributed by atoms with van der Waals surface area (Å²) in [6.07, 6.45) is 1.09. The van der Waals surface area contributed by atoms with E-state index in [1.807, 2.05) is 41.5 Å². The molecule has 4 amide bonds. The van der Waals surface area contributed by atoms with Crippen LogP contribution >= 0.6 is 0 Å². The van der Waals surface area contributed by atoms with Crippen LogP contribution in [-0.4, -0.2) is 167 Å². The summed E-state index contributed by atoms with van der Waals surface area (Å²) in [5.41, 5.74) is 5.14. The minimum Gasteiger partial charge on any atom is -0.382 e. The molecule has 0 rings (SSSR count). The van der Waals surface area contributed by atoms with Crippen molar-refractivity contribution in [2.75, 3.05) is 119 Å². The lowest BCUT2D eigenvalue weighted by atomic mass is 9.87. The van der Waals surface area contributed by atoms with E-state index in [-0.39, 0.29) is 80.2 Å². The predicted molar refractivity (Wildman–Crippen MR) is 218 cm³/mol. The maximum absolute atomic E-state index is 13.5. The van der Waals surface area contributed by atoms with E-state index >= 15 is 0 Å². The molecule has 0 bridgehead atoms. The van der Waals surface area contributed by atoms with Crippen molar-refractivity contribution in [2.45, 2.75) is 91.8 Å². The van der Waals surface area contributed by atoms with Crippen LogP contribution in [0.15, 0.2) is 0 Å². The molecule has 6 N–H and O–H groups in total. The molecule has 0 radical (unpaired) electrons. The molecule has 58 heavy (non-hydrogen) atoms. The van der Waals surface area contributed by atoms with E-state index < -0.39 is 24.0 Å². The second-order valence-corrected chi connectivity index (χ2v) is 14.8. The van der Waals surface area contributed by atoms with Crippen LogP contribution in [0.5, 0.6) is 0 Å². The van der Waals surface area contributed by atoms with E-state index in [1.54, 1.807) is 7.11 Å². The number of primary amides is 1. The number of nitrogens with one attached hydrogen (secondary N) is 4. The third-order valence-corrected chi connectivity index (χ3v) is 8.41. The van der Waals surface area contributed by atoms with Gasteiger partial charge in [-0.25, -0.2) is 4.79 Å². The second-order valence-electron chi connectivity index (χ2n) is 14.8. The molecule has 0 spiro atoms. The fourth-order valence-electron chi connectivity index (χ4n) is 5.35. The van der Waals surface area contributed by atoms with Gasteiger partial charge >= 0.3 is 6.03 Å². The molecule has 0 aliphatic rings. The number of Topliss-reactive ketones (excluding diaryl/α,β-unsaturated/α-hetero) is 2. The number of nitrogens with two attached hydrogens (primary N) is 1. The van der Waals surface area contributed by atoms with E-state index in [0.717, 1.165) is 0 Å². The zero-order chi connectivity index (χ0) is 43.4. The number of urea groups is 1. The summed E-state index contributed by atoms with van der Waals surface area (Å²) in [5, 5.41) is 11.4. The highest BCUT2D eigenvalue weighted by molar-refractivity contribution is 5.93. The Bertz CT molecular complexity index is 1080. The van der Waals surface area contributed by atoms with E-state index in [2.05, 4.69) is 21.3 Å². The summed E-state index contributed by atoms with van der Waals surface area (Å²) in [6, 6.07) is -2.18. The highest BCUT2D eigenvalue weighted by atomic mass is 16.6. The lowest BCUT2D eigenvalue weighted by Gasteiger charge is -2.27. The maximum Gasteiger partial charge on any atom is 0.312 e. The van der Waals surface area contributed by atoms with Gasteiger partial charge in [0.15, 0.2) is 11.6 Å². The molecule has 0 aromatic carbocycles. The van der Waals surface area contributed by atoms with Crippen LogP contribution < -0.4 is 27.0 Å². The van der Waals surface area contributed by atoms with E-state index in [4.69, 9.17) is 43.6 Å². The number of rotatable bonds is 41. The van der Waals surface area contributed by atoms with Crippen LogP contribution in [0, 0.1) is 17.8 Å². The quantitative estimate of drug-likeness (QED) is 0.0549. The molecule has 3 atom stereocenters. The predicted octanol–water partition coefficient (Wildman–Crippen LogP) is 1.40. The van der Waals surface area contributed by atoms with Gasteiger partial charge in [-0.3, -0.25) is 19.2 Å².